The van der Waals surface area contributed by atoms with Gasteiger partial charge < -0.3 is 14.5 Å². The zero-order valence-corrected chi connectivity index (χ0v) is 12.7. The number of hydrogen-bond donors (Lipinski definition) is 1. The lowest BCUT2D eigenvalue weighted by Crippen LogP contribution is -2.24. The lowest BCUT2D eigenvalue weighted by molar-refractivity contribution is 0.0902. The van der Waals surface area contributed by atoms with E-state index in [1.807, 2.05) is 29.9 Å². The Morgan fingerprint density at radius 3 is 3.05 bits per heavy atom. The van der Waals surface area contributed by atoms with E-state index in [4.69, 9.17) is 9.15 Å². The molecular formula is C16H23N3O2. The molecule has 5 heteroatoms. The van der Waals surface area contributed by atoms with Crippen molar-refractivity contribution in [3.05, 3.63) is 41.6 Å². The van der Waals surface area contributed by atoms with E-state index in [-0.39, 0.29) is 6.10 Å². The highest BCUT2D eigenvalue weighted by Crippen LogP contribution is 2.33. The van der Waals surface area contributed by atoms with Gasteiger partial charge in [0.05, 0.1) is 18.8 Å². The second-order valence-corrected chi connectivity index (χ2v) is 5.61. The molecule has 0 unspecified atom stereocenters. The molecule has 5 nitrogen and oxygen atoms in total. The van der Waals surface area contributed by atoms with Crippen LogP contribution in [0.3, 0.4) is 0 Å². The first-order chi connectivity index (χ1) is 10.3. The van der Waals surface area contributed by atoms with Crippen molar-refractivity contribution in [3.8, 4) is 0 Å². The summed E-state index contributed by atoms with van der Waals surface area (Å²) in [5.74, 6) is 2.44. The Bertz CT molecular complexity index is 576. The van der Waals surface area contributed by atoms with E-state index in [1.165, 1.54) is 5.56 Å². The van der Waals surface area contributed by atoms with Crippen LogP contribution in [-0.2, 0) is 17.8 Å². The Balaban J connectivity index is 1.54. The summed E-state index contributed by atoms with van der Waals surface area (Å²) in [5.41, 5.74) is 1.19. The van der Waals surface area contributed by atoms with E-state index in [1.54, 1.807) is 0 Å². The van der Waals surface area contributed by atoms with Crippen molar-refractivity contribution in [2.24, 2.45) is 5.92 Å². The van der Waals surface area contributed by atoms with Crippen LogP contribution < -0.4 is 5.32 Å². The first-order valence-electron chi connectivity index (χ1n) is 7.66. The molecule has 0 saturated carbocycles. The Hall–Kier alpha value is -1.59. The second kappa shape index (κ2) is 6.45. The minimum Gasteiger partial charge on any atom is -0.465 e. The summed E-state index contributed by atoms with van der Waals surface area (Å²) in [7, 11) is 0. The van der Waals surface area contributed by atoms with Crippen LogP contribution in [0.5, 0.6) is 0 Å². The van der Waals surface area contributed by atoms with Crippen LogP contribution in [0, 0.1) is 12.8 Å². The number of aromatic nitrogens is 2. The number of rotatable bonds is 6. The van der Waals surface area contributed by atoms with Crippen molar-refractivity contribution in [1.82, 2.24) is 15.1 Å². The zero-order chi connectivity index (χ0) is 14.7. The van der Waals surface area contributed by atoms with Gasteiger partial charge in [-0.15, -0.1) is 0 Å². The molecule has 1 aliphatic rings. The molecule has 2 aromatic rings. The summed E-state index contributed by atoms with van der Waals surface area (Å²) < 4.78 is 13.4. The molecule has 2 atom stereocenters. The van der Waals surface area contributed by atoms with Gasteiger partial charge in [0.1, 0.15) is 11.5 Å². The van der Waals surface area contributed by atoms with Crippen molar-refractivity contribution < 1.29 is 9.15 Å². The van der Waals surface area contributed by atoms with Crippen molar-refractivity contribution >= 4 is 0 Å². The van der Waals surface area contributed by atoms with E-state index < -0.39 is 0 Å². The normalized spacial score (nSPS) is 22.0. The third-order valence-corrected chi connectivity index (χ3v) is 4.02. The van der Waals surface area contributed by atoms with Crippen molar-refractivity contribution in [2.75, 3.05) is 13.2 Å². The molecule has 21 heavy (non-hydrogen) atoms. The Morgan fingerprint density at radius 1 is 1.43 bits per heavy atom. The summed E-state index contributed by atoms with van der Waals surface area (Å²) >= 11 is 0. The molecule has 1 N–H and O–H groups in total. The molecule has 0 radical (unpaired) electrons. The molecule has 3 rings (SSSR count). The van der Waals surface area contributed by atoms with E-state index in [9.17, 15) is 0 Å². The van der Waals surface area contributed by atoms with E-state index in [0.29, 0.717) is 5.92 Å². The molecule has 0 spiro atoms. The molecule has 0 bridgehead atoms. The topological polar surface area (TPSA) is 52.2 Å². The maximum Gasteiger partial charge on any atom is 0.117 e. The van der Waals surface area contributed by atoms with Gasteiger partial charge in [-0.05, 0) is 32.4 Å². The Kier molecular flexibility index (Phi) is 4.41. The third-order valence-electron chi connectivity index (χ3n) is 4.02. The largest absolute Gasteiger partial charge is 0.465 e. The van der Waals surface area contributed by atoms with Crippen molar-refractivity contribution in [2.45, 2.75) is 39.5 Å². The van der Waals surface area contributed by atoms with E-state index >= 15 is 0 Å². The summed E-state index contributed by atoms with van der Waals surface area (Å²) in [5, 5.41) is 7.82. The molecule has 0 amide bonds. The molecule has 2 aromatic heterocycles. The molecular weight excluding hydrogens is 266 g/mol. The van der Waals surface area contributed by atoms with Gasteiger partial charge in [0.25, 0.3) is 0 Å². The molecule has 1 saturated heterocycles. The van der Waals surface area contributed by atoms with Crippen LogP contribution in [0.25, 0.3) is 0 Å². The Morgan fingerprint density at radius 2 is 2.33 bits per heavy atom. The highest BCUT2D eigenvalue weighted by Gasteiger charge is 2.30. The van der Waals surface area contributed by atoms with E-state index in [0.717, 1.165) is 44.2 Å². The first-order valence-corrected chi connectivity index (χ1v) is 7.66. The van der Waals surface area contributed by atoms with Gasteiger partial charge in [0.2, 0.25) is 0 Å². The smallest absolute Gasteiger partial charge is 0.117 e. The predicted molar refractivity (Wildman–Crippen MR) is 79.9 cm³/mol. The lowest BCUT2D eigenvalue weighted by atomic mass is 9.97. The van der Waals surface area contributed by atoms with Gasteiger partial charge >= 0.3 is 0 Å². The van der Waals surface area contributed by atoms with Crippen LogP contribution in [-0.4, -0.2) is 22.9 Å². The molecule has 0 aliphatic carbocycles. The number of aryl methyl sites for hydroxylation is 2. The standard InChI is InChI=1S/C16H23N3O2/c1-3-19-11-14(9-18-19)16-13(6-7-20-16)8-17-10-15-5-4-12(2)21-15/h4-5,9,11,13,16-17H,3,6-8,10H2,1-2H3/t13-,16+/m1/s1. The maximum absolute atomic E-state index is 5.90. The zero-order valence-electron chi connectivity index (χ0n) is 12.7. The SMILES string of the molecule is CCn1cc([C@H]2OCC[C@@H]2CNCc2ccc(C)o2)cn1. The summed E-state index contributed by atoms with van der Waals surface area (Å²) in [6.07, 6.45) is 5.28. The fraction of sp³-hybridized carbons (Fsp3) is 0.562. The fourth-order valence-electron chi connectivity index (χ4n) is 2.87. The number of nitrogens with one attached hydrogen (secondary N) is 1. The molecule has 0 aromatic carbocycles. The minimum atomic E-state index is 0.163. The van der Waals surface area contributed by atoms with Gasteiger partial charge in [-0.3, -0.25) is 4.68 Å². The highest BCUT2D eigenvalue weighted by molar-refractivity contribution is 5.11. The molecule has 1 aliphatic heterocycles. The van der Waals surface area contributed by atoms with Gasteiger partial charge in [0, 0.05) is 37.4 Å². The van der Waals surface area contributed by atoms with Crippen LogP contribution in [0.4, 0.5) is 0 Å². The highest BCUT2D eigenvalue weighted by atomic mass is 16.5. The number of ether oxygens (including phenoxy) is 1. The first kappa shape index (κ1) is 14.4. The molecule has 114 valence electrons. The number of hydrogen-bond acceptors (Lipinski definition) is 4. The van der Waals surface area contributed by atoms with Crippen LogP contribution in [0.2, 0.25) is 0 Å². The van der Waals surface area contributed by atoms with E-state index in [2.05, 4.69) is 23.5 Å². The summed E-state index contributed by atoms with van der Waals surface area (Å²) in [6, 6.07) is 4.02. The fourth-order valence-corrected chi connectivity index (χ4v) is 2.87. The van der Waals surface area contributed by atoms with Crippen LogP contribution >= 0.6 is 0 Å². The number of furan rings is 1. The lowest BCUT2D eigenvalue weighted by Gasteiger charge is -2.17. The maximum atomic E-state index is 5.90. The number of nitrogens with zero attached hydrogens (tertiary/aromatic N) is 2. The quantitative estimate of drug-likeness (QED) is 0.888. The Labute approximate surface area is 125 Å². The van der Waals surface area contributed by atoms with Gasteiger partial charge in [-0.2, -0.15) is 5.10 Å². The van der Waals surface area contributed by atoms with Gasteiger partial charge in [0.15, 0.2) is 0 Å². The predicted octanol–water partition coefficient (Wildman–Crippen LogP) is 2.67. The average Bonchev–Trinajstić information content (AvgIpc) is 3.19. The van der Waals surface area contributed by atoms with Crippen molar-refractivity contribution in [3.63, 3.8) is 0 Å². The average molecular weight is 289 g/mol. The molecule has 3 heterocycles. The van der Waals surface area contributed by atoms with Crippen LogP contribution in [0.15, 0.2) is 28.9 Å². The van der Waals surface area contributed by atoms with Crippen molar-refractivity contribution in [1.29, 1.82) is 0 Å². The second-order valence-electron chi connectivity index (χ2n) is 5.61. The van der Waals surface area contributed by atoms with Gasteiger partial charge in [-0.25, -0.2) is 0 Å². The monoisotopic (exact) mass is 289 g/mol. The third kappa shape index (κ3) is 3.36. The summed E-state index contributed by atoms with van der Waals surface area (Å²) in [4.78, 5) is 0. The van der Waals surface area contributed by atoms with Gasteiger partial charge in [-0.1, -0.05) is 0 Å². The summed E-state index contributed by atoms with van der Waals surface area (Å²) in [6.45, 7) is 7.49. The van der Waals surface area contributed by atoms with Crippen LogP contribution in [0.1, 0.15) is 36.5 Å². The molecule has 1 fully saturated rings. The minimum absolute atomic E-state index is 0.163.